The predicted octanol–water partition coefficient (Wildman–Crippen LogP) is 5.90. The molecule has 6 rings (SSSR count). The SMILES string of the molecule is c1ccc(-c2cn3c4ccccc4c4c5ccccc5cc2c43)nc1. The molecule has 0 bridgehead atoms. The summed E-state index contributed by atoms with van der Waals surface area (Å²) in [6.07, 6.45) is 4.10. The van der Waals surface area contributed by atoms with Gasteiger partial charge in [-0.25, -0.2) is 0 Å². The van der Waals surface area contributed by atoms with Crippen molar-refractivity contribution in [2.75, 3.05) is 0 Å². The summed E-state index contributed by atoms with van der Waals surface area (Å²) in [5.74, 6) is 0. The van der Waals surface area contributed by atoms with Crippen LogP contribution in [0.25, 0.3) is 49.2 Å². The number of para-hydroxylation sites is 1. The molecule has 0 aliphatic heterocycles. The lowest BCUT2D eigenvalue weighted by Gasteiger charge is -2.04. The average molecular weight is 318 g/mol. The van der Waals surface area contributed by atoms with Crippen molar-refractivity contribution in [1.82, 2.24) is 9.38 Å². The first-order valence-corrected chi connectivity index (χ1v) is 8.50. The Labute approximate surface area is 144 Å². The lowest BCUT2D eigenvalue weighted by Crippen LogP contribution is -1.81. The van der Waals surface area contributed by atoms with Crippen LogP contribution in [0.15, 0.2) is 85.2 Å². The van der Waals surface area contributed by atoms with Crippen molar-refractivity contribution in [3.8, 4) is 11.3 Å². The molecule has 0 radical (unpaired) electrons. The highest BCUT2D eigenvalue weighted by molar-refractivity contribution is 6.27. The fourth-order valence-electron chi connectivity index (χ4n) is 4.14. The first-order chi connectivity index (χ1) is 12.4. The first-order valence-electron chi connectivity index (χ1n) is 8.50. The molecule has 0 aliphatic rings. The Morgan fingerprint density at radius 3 is 2.40 bits per heavy atom. The van der Waals surface area contributed by atoms with Gasteiger partial charge in [-0.1, -0.05) is 48.5 Å². The van der Waals surface area contributed by atoms with Crippen molar-refractivity contribution in [2.24, 2.45) is 0 Å². The zero-order chi connectivity index (χ0) is 16.4. The number of nitrogens with zero attached hydrogens (tertiary/aromatic N) is 2. The highest BCUT2D eigenvalue weighted by Crippen LogP contribution is 2.42. The quantitative estimate of drug-likeness (QED) is 0.369. The van der Waals surface area contributed by atoms with E-state index in [0.717, 1.165) is 5.69 Å². The number of hydrogen-bond donors (Lipinski definition) is 0. The normalized spacial score (nSPS) is 12.0. The number of aromatic nitrogens is 2. The Balaban J connectivity index is 1.94. The molecule has 2 heteroatoms. The van der Waals surface area contributed by atoms with Gasteiger partial charge in [0.2, 0.25) is 0 Å². The Hall–Kier alpha value is -3.39. The third kappa shape index (κ3) is 1.61. The van der Waals surface area contributed by atoms with E-state index in [-0.39, 0.29) is 0 Å². The van der Waals surface area contributed by atoms with E-state index in [4.69, 9.17) is 0 Å². The molecule has 0 N–H and O–H groups in total. The monoisotopic (exact) mass is 318 g/mol. The smallest absolute Gasteiger partial charge is 0.0723 e. The number of rotatable bonds is 1. The summed E-state index contributed by atoms with van der Waals surface area (Å²) in [5, 5.41) is 6.50. The minimum absolute atomic E-state index is 1.02. The molecule has 0 atom stereocenters. The van der Waals surface area contributed by atoms with Gasteiger partial charge in [-0.05, 0) is 35.0 Å². The van der Waals surface area contributed by atoms with E-state index < -0.39 is 0 Å². The third-order valence-corrected chi connectivity index (χ3v) is 5.18. The number of hydrogen-bond acceptors (Lipinski definition) is 1. The van der Waals surface area contributed by atoms with Gasteiger partial charge in [-0.2, -0.15) is 0 Å². The molecule has 0 amide bonds. The van der Waals surface area contributed by atoms with Gasteiger partial charge in [0.05, 0.1) is 16.7 Å². The minimum atomic E-state index is 1.02. The Morgan fingerprint density at radius 2 is 1.52 bits per heavy atom. The Kier molecular flexibility index (Phi) is 2.37. The van der Waals surface area contributed by atoms with E-state index in [0.29, 0.717) is 0 Å². The van der Waals surface area contributed by atoms with Crippen LogP contribution in [-0.2, 0) is 0 Å². The molecule has 0 saturated heterocycles. The molecule has 3 aromatic carbocycles. The van der Waals surface area contributed by atoms with E-state index in [2.05, 4.69) is 76.2 Å². The van der Waals surface area contributed by atoms with Crippen LogP contribution in [0.3, 0.4) is 0 Å². The zero-order valence-corrected chi connectivity index (χ0v) is 13.5. The van der Waals surface area contributed by atoms with Gasteiger partial charge < -0.3 is 4.40 Å². The molecular formula is C23H14N2. The second-order valence-electron chi connectivity index (χ2n) is 6.51. The van der Waals surface area contributed by atoms with Crippen LogP contribution in [0, 0.1) is 0 Å². The molecule has 0 fully saturated rings. The molecule has 0 unspecified atom stereocenters. The highest BCUT2D eigenvalue weighted by atomic mass is 14.9. The van der Waals surface area contributed by atoms with E-state index in [1.165, 1.54) is 43.5 Å². The highest BCUT2D eigenvalue weighted by Gasteiger charge is 2.19. The maximum atomic E-state index is 4.59. The van der Waals surface area contributed by atoms with Gasteiger partial charge in [0.15, 0.2) is 0 Å². The second kappa shape index (κ2) is 4.58. The van der Waals surface area contributed by atoms with Crippen molar-refractivity contribution in [3.63, 3.8) is 0 Å². The molecule has 6 aromatic rings. The Bertz CT molecular complexity index is 1360. The lowest BCUT2D eigenvalue weighted by molar-refractivity contribution is 1.28. The fraction of sp³-hybridized carbons (Fsp3) is 0. The molecule has 0 saturated carbocycles. The summed E-state index contributed by atoms with van der Waals surface area (Å²) in [7, 11) is 0. The molecule has 0 spiro atoms. The van der Waals surface area contributed by atoms with E-state index in [9.17, 15) is 0 Å². The summed E-state index contributed by atoms with van der Waals surface area (Å²) in [6.45, 7) is 0. The van der Waals surface area contributed by atoms with Gasteiger partial charge in [-0.15, -0.1) is 0 Å². The molecule has 2 nitrogen and oxygen atoms in total. The van der Waals surface area contributed by atoms with Gasteiger partial charge >= 0.3 is 0 Å². The molecule has 3 aromatic heterocycles. The van der Waals surface area contributed by atoms with Crippen LogP contribution >= 0.6 is 0 Å². The third-order valence-electron chi connectivity index (χ3n) is 5.18. The van der Waals surface area contributed by atoms with Gasteiger partial charge in [-0.3, -0.25) is 4.98 Å². The van der Waals surface area contributed by atoms with Crippen LogP contribution < -0.4 is 0 Å². The summed E-state index contributed by atoms with van der Waals surface area (Å²) >= 11 is 0. The van der Waals surface area contributed by atoms with Crippen molar-refractivity contribution in [3.05, 3.63) is 85.2 Å². The van der Waals surface area contributed by atoms with Crippen LogP contribution in [0.5, 0.6) is 0 Å². The summed E-state index contributed by atoms with van der Waals surface area (Å²) in [6, 6.07) is 25.7. The van der Waals surface area contributed by atoms with Crippen LogP contribution in [0.1, 0.15) is 0 Å². The molecule has 0 aliphatic carbocycles. The van der Waals surface area contributed by atoms with Crippen LogP contribution in [0.2, 0.25) is 0 Å². The van der Waals surface area contributed by atoms with Crippen molar-refractivity contribution >= 4 is 38.0 Å². The van der Waals surface area contributed by atoms with Crippen molar-refractivity contribution < 1.29 is 0 Å². The topological polar surface area (TPSA) is 17.3 Å². The first kappa shape index (κ1) is 13.0. The molecule has 25 heavy (non-hydrogen) atoms. The van der Waals surface area contributed by atoms with Gasteiger partial charge in [0, 0.05) is 34.1 Å². The average Bonchev–Trinajstić information content (AvgIpc) is 3.21. The Morgan fingerprint density at radius 1 is 0.720 bits per heavy atom. The molecule has 116 valence electrons. The van der Waals surface area contributed by atoms with E-state index in [1.54, 1.807) is 0 Å². The molecular weight excluding hydrogens is 304 g/mol. The van der Waals surface area contributed by atoms with Gasteiger partial charge in [0.1, 0.15) is 0 Å². The maximum Gasteiger partial charge on any atom is 0.0723 e. The predicted molar refractivity (Wildman–Crippen MR) is 104 cm³/mol. The van der Waals surface area contributed by atoms with E-state index >= 15 is 0 Å². The van der Waals surface area contributed by atoms with Crippen LogP contribution in [0.4, 0.5) is 0 Å². The largest absolute Gasteiger partial charge is 0.315 e. The lowest BCUT2D eigenvalue weighted by atomic mass is 9.99. The van der Waals surface area contributed by atoms with Crippen molar-refractivity contribution in [2.45, 2.75) is 0 Å². The number of benzene rings is 3. The summed E-state index contributed by atoms with van der Waals surface area (Å²) in [4.78, 5) is 4.59. The standard InChI is InChI=1S/C23H14N2/c1-2-8-16-15(7-1)13-18-19(20-10-5-6-12-24-20)14-25-21-11-4-3-9-17(21)22(16)23(18)25/h1-14H. The van der Waals surface area contributed by atoms with Crippen molar-refractivity contribution in [1.29, 1.82) is 0 Å². The fourth-order valence-corrected chi connectivity index (χ4v) is 4.14. The second-order valence-corrected chi connectivity index (χ2v) is 6.51. The minimum Gasteiger partial charge on any atom is -0.315 e. The number of fused-ring (bicyclic) bond motifs is 5. The summed E-state index contributed by atoms with van der Waals surface area (Å²) in [5.41, 5.74) is 4.76. The zero-order valence-electron chi connectivity index (χ0n) is 13.5. The van der Waals surface area contributed by atoms with Gasteiger partial charge in [0.25, 0.3) is 0 Å². The molecule has 3 heterocycles. The van der Waals surface area contributed by atoms with Crippen LogP contribution in [-0.4, -0.2) is 9.38 Å². The number of pyridine rings is 1. The summed E-state index contributed by atoms with van der Waals surface area (Å²) < 4.78 is 2.33. The van der Waals surface area contributed by atoms with E-state index in [1.807, 2.05) is 18.3 Å². The maximum absolute atomic E-state index is 4.59.